The van der Waals surface area contributed by atoms with E-state index in [0.29, 0.717) is 0 Å². The minimum absolute atomic E-state index is 0.147. The first-order chi connectivity index (χ1) is 11.2. The molecule has 0 saturated carbocycles. The molecule has 0 unspecified atom stereocenters. The molecule has 10 nitrogen and oxygen atoms in total. The van der Waals surface area contributed by atoms with Gasteiger partial charge in [0.25, 0.3) is 0 Å². The summed E-state index contributed by atoms with van der Waals surface area (Å²) in [5.41, 5.74) is 0. The van der Waals surface area contributed by atoms with Crippen molar-refractivity contribution in [1.29, 1.82) is 0 Å². The number of methoxy groups -OCH3 is 3. The summed E-state index contributed by atoms with van der Waals surface area (Å²) >= 11 is 0. The van der Waals surface area contributed by atoms with Crippen LogP contribution in [0, 0.1) is 0 Å². The van der Waals surface area contributed by atoms with Gasteiger partial charge in [-0.25, -0.2) is 0 Å². The Labute approximate surface area is 140 Å². The second-order valence-electron chi connectivity index (χ2n) is 5.05. The van der Waals surface area contributed by atoms with Gasteiger partial charge in [0.05, 0.1) is 47.5 Å². The number of hydrogen-bond acceptors (Lipinski definition) is 9. The fourth-order valence-electron chi connectivity index (χ4n) is 1.94. The molecule has 0 spiro atoms. The highest BCUT2D eigenvalue weighted by Crippen LogP contribution is 2.04. The van der Waals surface area contributed by atoms with Crippen molar-refractivity contribution in [2.75, 3.05) is 54.1 Å². The second kappa shape index (κ2) is 11.4. The van der Waals surface area contributed by atoms with E-state index in [1.165, 1.54) is 31.1 Å². The van der Waals surface area contributed by atoms with Gasteiger partial charge >= 0.3 is 23.9 Å². The van der Waals surface area contributed by atoms with Crippen LogP contribution in [0.1, 0.15) is 6.92 Å². The van der Waals surface area contributed by atoms with Gasteiger partial charge in [0.2, 0.25) is 0 Å². The molecule has 10 heteroatoms. The Morgan fingerprint density at radius 2 is 1.25 bits per heavy atom. The number of carboxylic acid groups (broad SMARTS) is 1. The van der Waals surface area contributed by atoms with Crippen LogP contribution in [0.4, 0.5) is 0 Å². The van der Waals surface area contributed by atoms with E-state index in [0.717, 1.165) is 0 Å². The smallest absolute Gasteiger partial charge is 0.319 e. The maximum atomic E-state index is 11.4. The fraction of sp³-hybridized carbons (Fsp3) is 0.714. The number of aliphatic carboxylic acids is 1. The molecule has 1 N–H and O–H groups in total. The van der Waals surface area contributed by atoms with Gasteiger partial charge in [-0.3, -0.25) is 29.0 Å². The number of hydrogen-bond donors (Lipinski definition) is 1. The SMILES string of the molecule is COC(=O)CN(CC(=O)OC)C[C@H](C)N(CC(=O)O)CC(=O)OC. The van der Waals surface area contributed by atoms with Crippen LogP contribution < -0.4 is 0 Å². The lowest BCUT2D eigenvalue weighted by Gasteiger charge is -2.30. The van der Waals surface area contributed by atoms with Gasteiger partial charge < -0.3 is 19.3 Å². The lowest BCUT2D eigenvalue weighted by Crippen LogP contribution is -2.49. The molecular formula is C14H24N2O8. The van der Waals surface area contributed by atoms with E-state index in [-0.39, 0.29) is 32.7 Å². The number of rotatable bonds is 11. The molecular weight excluding hydrogens is 324 g/mol. The quantitative estimate of drug-likeness (QED) is 0.351. The van der Waals surface area contributed by atoms with Gasteiger partial charge in [-0.05, 0) is 6.92 Å². The predicted octanol–water partition coefficient (Wildman–Crippen LogP) is -1.42. The van der Waals surface area contributed by atoms with Crippen molar-refractivity contribution in [3.05, 3.63) is 0 Å². The number of nitrogens with zero attached hydrogens (tertiary/aromatic N) is 2. The Morgan fingerprint density at radius 3 is 1.62 bits per heavy atom. The Hall–Kier alpha value is -2.20. The molecule has 0 fully saturated rings. The largest absolute Gasteiger partial charge is 0.480 e. The molecule has 0 heterocycles. The Morgan fingerprint density at radius 1 is 0.833 bits per heavy atom. The van der Waals surface area contributed by atoms with Crippen LogP contribution in [0.25, 0.3) is 0 Å². The van der Waals surface area contributed by atoms with Crippen LogP contribution in [0.5, 0.6) is 0 Å². The average molecular weight is 348 g/mol. The molecule has 0 amide bonds. The molecule has 0 aliphatic carbocycles. The number of carbonyl (C=O) groups is 4. The van der Waals surface area contributed by atoms with Gasteiger partial charge in [-0.1, -0.05) is 0 Å². The number of esters is 3. The summed E-state index contributed by atoms with van der Waals surface area (Å²) in [6, 6.07) is -0.450. The van der Waals surface area contributed by atoms with E-state index in [4.69, 9.17) is 5.11 Å². The van der Waals surface area contributed by atoms with Crippen molar-refractivity contribution >= 4 is 23.9 Å². The number of carbonyl (C=O) groups excluding carboxylic acids is 3. The minimum Gasteiger partial charge on any atom is -0.480 e. The third kappa shape index (κ3) is 9.06. The summed E-state index contributed by atoms with van der Waals surface area (Å²) in [7, 11) is 3.64. The summed E-state index contributed by atoms with van der Waals surface area (Å²) in [4.78, 5) is 48.1. The third-order valence-corrected chi connectivity index (χ3v) is 3.20. The summed E-state index contributed by atoms with van der Waals surface area (Å²) in [5.74, 6) is -2.80. The Balaban J connectivity index is 5.00. The van der Waals surface area contributed by atoms with Crippen molar-refractivity contribution in [3.63, 3.8) is 0 Å². The highest BCUT2D eigenvalue weighted by atomic mass is 16.5. The van der Waals surface area contributed by atoms with E-state index in [9.17, 15) is 19.2 Å². The number of carboxylic acids is 1. The molecule has 0 aromatic rings. The van der Waals surface area contributed by atoms with Crippen LogP contribution in [0.3, 0.4) is 0 Å². The minimum atomic E-state index is -1.11. The number of ether oxygens (including phenoxy) is 3. The summed E-state index contributed by atoms with van der Waals surface area (Å²) < 4.78 is 13.7. The zero-order valence-electron chi connectivity index (χ0n) is 14.3. The van der Waals surface area contributed by atoms with Crippen molar-refractivity contribution in [1.82, 2.24) is 9.80 Å². The van der Waals surface area contributed by atoms with E-state index in [2.05, 4.69) is 14.2 Å². The first-order valence-electron chi connectivity index (χ1n) is 7.12. The monoisotopic (exact) mass is 348 g/mol. The molecule has 0 bridgehead atoms. The summed E-state index contributed by atoms with van der Waals surface area (Å²) in [6.07, 6.45) is 0. The zero-order chi connectivity index (χ0) is 18.7. The standard InChI is InChI=1S/C14H24N2O8/c1-10(16(6-11(17)18)9-14(21)24-4)5-15(7-12(19)22-2)8-13(20)23-3/h10H,5-9H2,1-4H3,(H,17,18)/t10-/m0/s1. The topological polar surface area (TPSA) is 123 Å². The predicted molar refractivity (Wildman–Crippen MR) is 81.2 cm³/mol. The van der Waals surface area contributed by atoms with Gasteiger partial charge in [-0.2, -0.15) is 0 Å². The zero-order valence-corrected chi connectivity index (χ0v) is 14.3. The van der Waals surface area contributed by atoms with Crippen LogP contribution in [-0.4, -0.2) is 98.9 Å². The van der Waals surface area contributed by atoms with Crippen molar-refractivity contribution in [2.45, 2.75) is 13.0 Å². The van der Waals surface area contributed by atoms with Crippen molar-refractivity contribution in [3.8, 4) is 0 Å². The molecule has 138 valence electrons. The van der Waals surface area contributed by atoms with Crippen LogP contribution >= 0.6 is 0 Å². The Bertz CT molecular complexity index is 436. The maximum Gasteiger partial charge on any atom is 0.319 e. The van der Waals surface area contributed by atoms with E-state index < -0.39 is 29.9 Å². The highest BCUT2D eigenvalue weighted by molar-refractivity contribution is 5.75. The van der Waals surface area contributed by atoms with E-state index >= 15 is 0 Å². The molecule has 24 heavy (non-hydrogen) atoms. The third-order valence-electron chi connectivity index (χ3n) is 3.20. The lowest BCUT2D eigenvalue weighted by atomic mass is 10.2. The molecule has 0 rings (SSSR count). The van der Waals surface area contributed by atoms with Gasteiger partial charge in [0.1, 0.15) is 0 Å². The van der Waals surface area contributed by atoms with E-state index in [1.807, 2.05) is 0 Å². The summed E-state index contributed by atoms with van der Waals surface area (Å²) in [6.45, 7) is 0.862. The van der Waals surface area contributed by atoms with E-state index in [1.54, 1.807) is 6.92 Å². The maximum absolute atomic E-state index is 11.4. The molecule has 0 radical (unpaired) electrons. The first kappa shape index (κ1) is 21.8. The average Bonchev–Trinajstić information content (AvgIpc) is 2.52. The molecule has 1 atom stereocenters. The van der Waals surface area contributed by atoms with Crippen LogP contribution in [0.15, 0.2) is 0 Å². The lowest BCUT2D eigenvalue weighted by molar-refractivity contribution is -0.149. The summed E-state index contributed by atoms with van der Waals surface area (Å²) in [5, 5.41) is 8.96. The first-order valence-corrected chi connectivity index (χ1v) is 7.12. The molecule has 0 saturated heterocycles. The normalized spacial score (nSPS) is 11.9. The van der Waals surface area contributed by atoms with Gasteiger partial charge in [-0.15, -0.1) is 0 Å². The fourth-order valence-corrected chi connectivity index (χ4v) is 1.94. The van der Waals surface area contributed by atoms with Gasteiger partial charge in [0, 0.05) is 12.6 Å². The molecule has 0 aliphatic rings. The highest BCUT2D eigenvalue weighted by Gasteiger charge is 2.24. The van der Waals surface area contributed by atoms with Crippen molar-refractivity contribution < 1.29 is 38.5 Å². The molecule has 0 aromatic carbocycles. The van der Waals surface area contributed by atoms with Crippen molar-refractivity contribution in [2.24, 2.45) is 0 Å². The van der Waals surface area contributed by atoms with Gasteiger partial charge in [0.15, 0.2) is 0 Å². The molecule has 0 aromatic heterocycles. The second-order valence-corrected chi connectivity index (χ2v) is 5.05. The molecule has 0 aliphatic heterocycles. The van der Waals surface area contributed by atoms with Crippen LogP contribution in [-0.2, 0) is 33.4 Å². The Kier molecular flexibility index (Phi) is 10.3. The van der Waals surface area contributed by atoms with Crippen LogP contribution in [0.2, 0.25) is 0 Å².